The summed E-state index contributed by atoms with van der Waals surface area (Å²) >= 11 is 0. The Balaban J connectivity index is 0. The number of nitrogens with one attached hydrogen (secondary N) is 4. The molecule has 4 atom stereocenters. The molecule has 0 aromatic carbocycles. The lowest BCUT2D eigenvalue weighted by Gasteiger charge is -2.14. The van der Waals surface area contributed by atoms with Gasteiger partial charge in [0.1, 0.15) is 24.2 Å². The van der Waals surface area contributed by atoms with Gasteiger partial charge in [-0.1, -0.05) is 6.42 Å². The highest BCUT2D eigenvalue weighted by molar-refractivity contribution is 5.87. The Morgan fingerprint density at radius 1 is 0.316 bits per heavy atom. The number of primary amides is 4. The summed E-state index contributed by atoms with van der Waals surface area (Å²) in [5.41, 5.74) is 19.8. The maximum absolute atomic E-state index is 11.8. The molecule has 0 heterocycles. The van der Waals surface area contributed by atoms with E-state index in [1.54, 1.807) is 0 Å². The number of aliphatic carboxylic acids is 4. The molecule has 0 aromatic rings. The van der Waals surface area contributed by atoms with Crippen LogP contribution in [0.15, 0.2) is 0 Å². The van der Waals surface area contributed by atoms with Crippen LogP contribution in [0.4, 0.5) is 0 Å². The summed E-state index contributed by atoms with van der Waals surface area (Å²) in [6.07, 6.45) is 0.653. The van der Waals surface area contributed by atoms with Crippen molar-refractivity contribution < 1.29 is 78.0 Å². The van der Waals surface area contributed by atoms with E-state index in [0.29, 0.717) is 19.3 Å². The van der Waals surface area contributed by atoms with Gasteiger partial charge >= 0.3 is 23.9 Å². The van der Waals surface area contributed by atoms with Gasteiger partial charge < -0.3 is 64.6 Å². The molecule has 0 rings (SSSR count). The third-order valence-electron chi connectivity index (χ3n) is 7.62. The van der Waals surface area contributed by atoms with Gasteiger partial charge in [0, 0.05) is 51.4 Å². The maximum atomic E-state index is 11.8. The first-order valence-corrected chi connectivity index (χ1v) is 17.8. The molecule has 0 aliphatic carbocycles. The third-order valence-corrected chi connectivity index (χ3v) is 7.62. The summed E-state index contributed by atoms with van der Waals surface area (Å²) in [6.45, 7) is 0. The predicted molar refractivity (Wildman–Crippen MR) is 194 cm³/mol. The van der Waals surface area contributed by atoms with Gasteiger partial charge in [-0.15, -0.1) is 0 Å². The van der Waals surface area contributed by atoms with Crippen molar-refractivity contribution in [2.75, 3.05) is 0 Å². The largest absolute Gasteiger partial charge is 0.480 e. The highest BCUT2D eigenvalue weighted by Crippen LogP contribution is 2.07. The minimum absolute atomic E-state index is 0.0400. The number of hydrogen-bond donors (Lipinski definition) is 12. The van der Waals surface area contributed by atoms with Crippen LogP contribution in [0.25, 0.3) is 0 Å². The first-order chi connectivity index (χ1) is 26.5. The van der Waals surface area contributed by atoms with Crippen LogP contribution in [0.2, 0.25) is 0 Å². The van der Waals surface area contributed by atoms with E-state index in [2.05, 4.69) is 21.3 Å². The highest BCUT2D eigenvalue weighted by atomic mass is 16.4. The Labute approximate surface area is 326 Å². The first-order valence-electron chi connectivity index (χ1n) is 17.8. The van der Waals surface area contributed by atoms with Gasteiger partial charge in [-0.3, -0.25) is 38.4 Å². The number of rotatable bonds is 31. The van der Waals surface area contributed by atoms with E-state index in [4.69, 9.17) is 43.4 Å². The molecule has 0 radical (unpaired) electrons. The van der Waals surface area contributed by atoms with E-state index in [0.717, 1.165) is 0 Å². The molecule has 0 spiro atoms. The molecule has 0 aliphatic rings. The standard InChI is InChI=1S/C17H28N4O8.C16H26N4O8/c18-12(22)8-6-10(16(26)27)20-14(24)4-2-1-3-5-15(25)21-11(17(28)29)7-9-13(19)23;17-11(21)7-5-9(15(25)26)19-13(23)3-1-2-4-14(24)20-10(16(27)28)6-8-12(18)22/h10-11H,1-9H2,(H2,18,22)(H2,19,23)(H,20,24)(H,21,25)(H,26,27)(H,28,29);9-10H,1-8H2,(H2,17,21)(H2,18,22)(H,19,23)(H,20,24)(H,25,26)(H,27,28). The van der Waals surface area contributed by atoms with Gasteiger partial charge in [0.15, 0.2) is 0 Å². The molecule has 0 saturated carbocycles. The van der Waals surface area contributed by atoms with Crippen molar-refractivity contribution in [1.82, 2.24) is 21.3 Å². The smallest absolute Gasteiger partial charge is 0.326 e. The van der Waals surface area contributed by atoms with Crippen molar-refractivity contribution in [1.29, 1.82) is 0 Å². The Morgan fingerprint density at radius 3 is 0.649 bits per heavy atom. The molecule has 0 fully saturated rings. The van der Waals surface area contributed by atoms with Gasteiger partial charge in [-0.2, -0.15) is 0 Å². The summed E-state index contributed by atoms with van der Waals surface area (Å²) in [7, 11) is 0. The molecule has 0 aromatic heterocycles. The van der Waals surface area contributed by atoms with Crippen molar-refractivity contribution in [3.05, 3.63) is 0 Å². The van der Waals surface area contributed by atoms with E-state index in [9.17, 15) is 57.5 Å². The second kappa shape index (κ2) is 29.9. The monoisotopic (exact) mass is 818 g/mol. The molecular formula is C33H54N8O16. The third kappa shape index (κ3) is 30.6. The van der Waals surface area contributed by atoms with E-state index in [-0.39, 0.29) is 89.9 Å². The first kappa shape index (κ1) is 52.7. The number of carboxylic acids is 4. The Hall–Kier alpha value is -6.36. The highest BCUT2D eigenvalue weighted by Gasteiger charge is 2.23. The van der Waals surface area contributed by atoms with E-state index in [1.165, 1.54) is 0 Å². The van der Waals surface area contributed by atoms with Crippen LogP contribution >= 0.6 is 0 Å². The molecular weight excluding hydrogens is 764 g/mol. The van der Waals surface area contributed by atoms with Crippen LogP contribution in [0.1, 0.15) is 109 Å². The van der Waals surface area contributed by atoms with Crippen molar-refractivity contribution >= 4 is 71.1 Å². The molecule has 322 valence electrons. The zero-order chi connectivity index (χ0) is 44.1. The lowest BCUT2D eigenvalue weighted by Crippen LogP contribution is -2.41. The maximum Gasteiger partial charge on any atom is 0.326 e. The lowest BCUT2D eigenvalue weighted by molar-refractivity contribution is -0.142. The van der Waals surface area contributed by atoms with Crippen LogP contribution < -0.4 is 44.2 Å². The lowest BCUT2D eigenvalue weighted by atomic mass is 10.1. The van der Waals surface area contributed by atoms with Crippen LogP contribution in [0.5, 0.6) is 0 Å². The Bertz CT molecular complexity index is 1340. The zero-order valence-corrected chi connectivity index (χ0v) is 31.3. The number of amides is 8. The fourth-order valence-electron chi connectivity index (χ4n) is 4.56. The molecule has 0 bridgehead atoms. The van der Waals surface area contributed by atoms with Crippen LogP contribution in [-0.4, -0.2) is 116 Å². The Kier molecular flexibility index (Phi) is 27.7. The number of hydrogen-bond acceptors (Lipinski definition) is 12. The van der Waals surface area contributed by atoms with Crippen LogP contribution in [0.3, 0.4) is 0 Å². The fourth-order valence-corrected chi connectivity index (χ4v) is 4.56. The van der Waals surface area contributed by atoms with Crippen molar-refractivity contribution in [3.8, 4) is 0 Å². The molecule has 4 unspecified atom stereocenters. The molecule has 24 heteroatoms. The van der Waals surface area contributed by atoms with Crippen molar-refractivity contribution in [3.63, 3.8) is 0 Å². The Morgan fingerprint density at radius 2 is 0.491 bits per heavy atom. The number of carbonyl (C=O) groups is 12. The minimum atomic E-state index is -1.29. The molecule has 8 amide bonds. The number of nitrogens with two attached hydrogens (primary N) is 4. The summed E-state index contributed by atoms with van der Waals surface area (Å²) in [6, 6.07) is -4.86. The fraction of sp³-hybridized carbons (Fsp3) is 0.636. The second-order valence-electron chi connectivity index (χ2n) is 12.6. The van der Waals surface area contributed by atoms with Crippen molar-refractivity contribution in [2.45, 2.75) is 133 Å². The number of carbonyl (C=O) groups excluding carboxylic acids is 8. The van der Waals surface area contributed by atoms with Gasteiger partial charge in [-0.25, -0.2) is 19.2 Å². The summed E-state index contributed by atoms with van der Waals surface area (Å²) in [5.74, 6) is -9.89. The normalized spacial score (nSPS) is 12.4. The van der Waals surface area contributed by atoms with E-state index < -0.39 is 95.3 Å². The molecule has 0 saturated heterocycles. The SMILES string of the molecule is NC(=O)CCC(NC(=O)CCCCC(=O)NC(CCC(N)=O)C(=O)O)C(=O)O.NC(=O)CCC(NC(=O)CCCCCC(=O)NC(CCC(N)=O)C(=O)O)C(=O)O. The number of carboxylic acid groups (broad SMARTS) is 4. The molecule has 24 nitrogen and oxygen atoms in total. The van der Waals surface area contributed by atoms with Gasteiger partial charge in [0.25, 0.3) is 0 Å². The predicted octanol–water partition coefficient (Wildman–Crippen LogP) is -3.18. The van der Waals surface area contributed by atoms with E-state index in [1.807, 2.05) is 0 Å². The second-order valence-corrected chi connectivity index (χ2v) is 12.6. The van der Waals surface area contributed by atoms with Gasteiger partial charge in [0.2, 0.25) is 47.3 Å². The minimum Gasteiger partial charge on any atom is -0.480 e. The quantitative estimate of drug-likeness (QED) is 0.0307. The van der Waals surface area contributed by atoms with Gasteiger partial charge in [0.05, 0.1) is 0 Å². The summed E-state index contributed by atoms with van der Waals surface area (Å²) in [4.78, 5) is 134. The number of unbranched alkanes of at least 4 members (excludes halogenated alkanes) is 3. The van der Waals surface area contributed by atoms with Crippen LogP contribution in [0, 0.1) is 0 Å². The molecule has 16 N–H and O–H groups in total. The van der Waals surface area contributed by atoms with Crippen molar-refractivity contribution in [2.24, 2.45) is 22.9 Å². The summed E-state index contributed by atoms with van der Waals surface area (Å²) in [5, 5.41) is 45.1. The zero-order valence-electron chi connectivity index (χ0n) is 31.3. The molecule has 0 aliphatic heterocycles. The molecule has 57 heavy (non-hydrogen) atoms. The van der Waals surface area contributed by atoms with Gasteiger partial charge in [-0.05, 0) is 51.4 Å². The summed E-state index contributed by atoms with van der Waals surface area (Å²) < 4.78 is 0. The average Bonchev–Trinajstić information content (AvgIpc) is 3.09. The topological polar surface area (TPSA) is 438 Å². The van der Waals surface area contributed by atoms with Crippen LogP contribution in [-0.2, 0) is 57.5 Å². The average molecular weight is 819 g/mol. The van der Waals surface area contributed by atoms with E-state index >= 15 is 0 Å².